The summed E-state index contributed by atoms with van der Waals surface area (Å²) in [5.74, 6) is 0.505. The summed E-state index contributed by atoms with van der Waals surface area (Å²) in [6, 6.07) is 10.6. The normalized spacial score (nSPS) is 12.3. The number of rotatable bonds is 5. The first-order chi connectivity index (χ1) is 13.8. The van der Waals surface area contributed by atoms with Gasteiger partial charge in [-0.05, 0) is 71.7 Å². The number of nitrogens with zero attached hydrogens (tertiary/aromatic N) is 3. The smallest absolute Gasteiger partial charge is 0.346 e. The Hall–Kier alpha value is -2.52. The predicted octanol–water partition coefficient (Wildman–Crippen LogP) is 4.05. The monoisotopic (exact) mass is 521 g/mol. The molecule has 0 aliphatic rings. The molecule has 0 bridgehead atoms. The van der Waals surface area contributed by atoms with Crippen LogP contribution in [-0.2, 0) is 9.53 Å². The number of ether oxygens (including phenoxy) is 2. The number of methoxy groups -OCH3 is 1. The molecule has 0 saturated carbocycles. The molecule has 3 rings (SSSR count). The molecule has 2 aromatic carbocycles. The summed E-state index contributed by atoms with van der Waals surface area (Å²) in [4.78, 5) is 28.7. The highest BCUT2D eigenvalue weighted by Crippen LogP contribution is 2.26. The molecule has 1 aromatic heterocycles. The van der Waals surface area contributed by atoms with Crippen LogP contribution in [0.4, 0.5) is 0 Å². The highest BCUT2D eigenvalue weighted by atomic mass is 79.9. The third kappa shape index (κ3) is 4.73. The van der Waals surface area contributed by atoms with Crippen molar-refractivity contribution in [3.63, 3.8) is 0 Å². The van der Waals surface area contributed by atoms with E-state index >= 15 is 0 Å². The Kier molecular flexibility index (Phi) is 6.49. The molecule has 0 fully saturated rings. The van der Waals surface area contributed by atoms with Crippen LogP contribution >= 0.6 is 31.9 Å². The van der Waals surface area contributed by atoms with Gasteiger partial charge in [-0.1, -0.05) is 15.9 Å². The van der Waals surface area contributed by atoms with Gasteiger partial charge in [-0.3, -0.25) is 4.79 Å². The zero-order chi connectivity index (χ0) is 21.1. The van der Waals surface area contributed by atoms with Crippen molar-refractivity contribution >= 4 is 54.9 Å². The van der Waals surface area contributed by atoms with Gasteiger partial charge in [-0.15, -0.1) is 0 Å². The maximum absolute atomic E-state index is 12.8. The molecule has 0 spiro atoms. The summed E-state index contributed by atoms with van der Waals surface area (Å²) in [6.07, 6.45) is 0.818. The molecule has 0 amide bonds. The van der Waals surface area contributed by atoms with Gasteiger partial charge in [0.15, 0.2) is 6.10 Å². The van der Waals surface area contributed by atoms with Gasteiger partial charge in [-0.2, -0.15) is 9.78 Å². The summed E-state index contributed by atoms with van der Waals surface area (Å²) in [5.41, 5.74) is 1.10. The van der Waals surface area contributed by atoms with Crippen LogP contribution in [-0.4, -0.2) is 35.1 Å². The second-order valence-electron chi connectivity index (χ2n) is 6.16. The van der Waals surface area contributed by atoms with E-state index in [-0.39, 0.29) is 5.56 Å². The van der Waals surface area contributed by atoms with Crippen LogP contribution in [0.5, 0.6) is 5.75 Å². The topological polar surface area (TPSA) is 82.8 Å². The second kappa shape index (κ2) is 8.87. The molecular weight excluding hydrogens is 506 g/mol. The molecule has 7 nitrogen and oxygen atoms in total. The van der Waals surface area contributed by atoms with Crippen molar-refractivity contribution in [2.75, 3.05) is 7.11 Å². The lowest BCUT2D eigenvalue weighted by molar-refractivity contribution is -0.147. The minimum absolute atomic E-state index is 0.254. The van der Waals surface area contributed by atoms with E-state index in [1.54, 1.807) is 50.4 Å². The average Bonchev–Trinajstić information content (AvgIpc) is 2.69. The number of aromatic nitrogens is 2. The average molecular weight is 523 g/mol. The minimum Gasteiger partial charge on any atom is -0.478 e. The first-order valence-corrected chi connectivity index (χ1v) is 10.2. The molecule has 9 heteroatoms. The van der Waals surface area contributed by atoms with Gasteiger partial charge >= 0.3 is 5.97 Å². The molecule has 0 radical (unpaired) electrons. The van der Waals surface area contributed by atoms with Gasteiger partial charge in [0.1, 0.15) is 11.6 Å². The van der Waals surface area contributed by atoms with E-state index in [9.17, 15) is 9.59 Å². The number of halogens is 2. The predicted molar refractivity (Wildman–Crippen MR) is 118 cm³/mol. The minimum atomic E-state index is -0.736. The Morgan fingerprint density at radius 3 is 2.69 bits per heavy atom. The van der Waals surface area contributed by atoms with Gasteiger partial charge in [0.2, 0.25) is 0 Å². The van der Waals surface area contributed by atoms with E-state index in [4.69, 9.17) is 4.74 Å². The van der Waals surface area contributed by atoms with E-state index in [1.165, 1.54) is 11.8 Å². The lowest BCUT2D eigenvalue weighted by Crippen LogP contribution is -2.25. The van der Waals surface area contributed by atoms with Crippen molar-refractivity contribution in [1.82, 2.24) is 9.66 Å². The molecule has 29 heavy (non-hydrogen) atoms. The largest absolute Gasteiger partial charge is 0.478 e. The number of fused-ring (bicyclic) bond motifs is 1. The lowest BCUT2D eigenvalue weighted by Gasteiger charge is -2.13. The lowest BCUT2D eigenvalue weighted by atomic mass is 10.2. The number of carbonyl (C=O) groups excluding carboxylic acids is 1. The van der Waals surface area contributed by atoms with Gasteiger partial charge in [0.05, 0.1) is 28.7 Å². The summed E-state index contributed by atoms with van der Waals surface area (Å²) in [5, 5.41) is 4.77. The number of hydrogen-bond donors (Lipinski definition) is 0. The number of carbonyl (C=O) groups is 1. The van der Waals surface area contributed by atoms with Gasteiger partial charge < -0.3 is 9.47 Å². The standard InChI is InChI=1S/C20H17Br2N3O4/c1-11(20(27)28-3)29-18-7-4-13(8-16(18)22)10-23-25-12(2)24-17-6-5-14(21)9-15(17)19(25)26/h4-11H,1-3H3/t11-/m0/s1. The first-order valence-electron chi connectivity index (χ1n) is 8.57. The number of benzene rings is 2. The molecule has 150 valence electrons. The van der Waals surface area contributed by atoms with E-state index in [1.807, 2.05) is 6.07 Å². The Morgan fingerprint density at radius 2 is 2.00 bits per heavy atom. The number of hydrogen-bond acceptors (Lipinski definition) is 6. The van der Waals surface area contributed by atoms with Crippen LogP contribution in [0.2, 0.25) is 0 Å². The summed E-state index contributed by atoms with van der Waals surface area (Å²) in [6.45, 7) is 3.33. The summed E-state index contributed by atoms with van der Waals surface area (Å²) in [7, 11) is 1.31. The quantitative estimate of drug-likeness (QED) is 0.373. The van der Waals surface area contributed by atoms with Crippen LogP contribution < -0.4 is 10.3 Å². The molecule has 0 aliphatic heterocycles. The van der Waals surface area contributed by atoms with Crippen LogP contribution in [0.3, 0.4) is 0 Å². The Morgan fingerprint density at radius 1 is 1.24 bits per heavy atom. The summed E-state index contributed by atoms with van der Waals surface area (Å²) >= 11 is 6.79. The first kappa shape index (κ1) is 21.2. The zero-order valence-corrected chi connectivity index (χ0v) is 19.0. The van der Waals surface area contributed by atoms with E-state index in [0.29, 0.717) is 26.9 Å². The molecule has 0 N–H and O–H groups in total. The fraction of sp³-hybridized carbons (Fsp3) is 0.200. The van der Waals surface area contributed by atoms with Crippen LogP contribution in [0.25, 0.3) is 10.9 Å². The molecule has 0 aliphatic carbocycles. The molecular formula is C20H17Br2N3O4. The fourth-order valence-corrected chi connectivity index (χ4v) is 3.47. The third-order valence-electron chi connectivity index (χ3n) is 4.09. The Balaban J connectivity index is 1.89. The molecule has 1 heterocycles. The van der Waals surface area contributed by atoms with Crippen molar-refractivity contribution in [2.45, 2.75) is 20.0 Å². The highest BCUT2D eigenvalue weighted by Gasteiger charge is 2.16. The van der Waals surface area contributed by atoms with E-state index < -0.39 is 12.1 Å². The van der Waals surface area contributed by atoms with Crippen LogP contribution in [0.1, 0.15) is 18.3 Å². The van der Waals surface area contributed by atoms with E-state index in [2.05, 4.69) is 46.7 Å². The van der Waals surface area contributed by atoms with Crippen molar-refractivity contribution in [2.24, 2.45) is 5.10 Å². The summed E-state index contributed by atoms with van der Waals surface area (Å²) < 4.78 is 12.9. The SMILES string of the molecule is COC(=O)[C@H](C)Oc1ccc(C=Nn2c(C)nc3ccc(Br)cc3c2=O)cc1Br. The van der Waals surface area contributed by atoms with Crippen LogP contribution in [0, 0.1) is 6.92 Å². The van der Waals surface area contributed by atoms with Gasteiger partial charge in [-0.25, -0.2) is 9.78 Å². The molecule has 0 saturated heterocycles. The molecule has 3 aromatic rings. The number of aryl methyl sites for hydroxylation is 1. The van der Waals surface area contributed by atoms with Gasteiger partial charge in [0, 0.05) is 4.47 Å². The van der Waals surface area contributed by atoms with Crippen molar-refractivity contribution < 1.29 is 14.3 Å². The van der Waals surface area contributed by atoms with Crippen molar-refractivity contribution in [3.05, 3.63) is 67.1 Å². The molecule has 0 unspecified atom stereocenters. The maximum Gasteiger partial charge on any atom is 0.346 e. The van der Waals surface area contributed by atoms with Crippen LogP contribution in [0.15, 0.2) is 55.2 Å². The Bertz CT molecular complexity index is 1170. The van der Waals surface area contributed by atoms with Gasteiger partial charge in [0.25, 0.3) is 5.56 Å². The number of esters is 1. The second-order valence-corrected chi connectivity index (χ2v) is 7.93. The maximum atomic E-state index is 12.8. The zero-order valence-electron chi connectivity index (χ0n) is 15.8. The van der Waals surface area contributed by atoms with E-state index in [0.717, 1.165) is 10.0 Å². The van der Waals surface area contributed by atoms with Crippen molar-refractivity contribution in [1.29, 1.82) is 0 Å². The Labute approximate surface area is 183 Å². The van der Waals surface area contributed by atoms with Crippen molar-refractivity contribution in [3.8, 4) is 5.75 Å². The highest BCUT2D eigenvalue weighted by molar-refractivity contribution is 9.10. The fourth-order valence-electron chi connectivity index (χ4n) is 2.62. The molecule has 1 atom stereocenters. The third-order valence-corrected chi connectivity index (χ3v) is 5.20.